The van der Waals surface area contributed by atoms with Crippen molar-refractivity contribution < 1.29 is 38.1 Å². The number of hydrogen-bond donors (Lipinski definition) is 0. The Hall–Kier alpha value is -4.38. The molecular weight excluding hydrogens is 482 g/mol. The third-order valence-electron chi connectivity index (χ3n) is 5.81. The fourth-order valence-corrected chi connectivity index (χ4v) is 3.93. The first-order valence-electron chi connectivity index (χ1n) is 11.5. The highest BCUT2D eigenvalue weighted by Crippen LogP contribution is 2.35. The van der Waals surface area contributed by atoms with E-state index in [4.69, 9.17) is 23.7 Å². The number of aromatic nitrogens is 2. The van der Waals surface area contributed by atoms with Crippen molar-refractivity contribution in [2.75, 3.05) is 54.2 Å². The van der Waals surface area contributed by atoms with Crippen LogP contribution in [0.5, 0.6) is 11.5 Å². The van der Waals surface area contributed by atoms with Crippen LogP contribution >= 0.6 is 0 Å². The third-order valence-corrected chi connectivity index (χ3v) is 5.81. The van der Waals surface area contributed by atoms with E-state index in [-0.39, 0.29) is 29.5 Å². The molecule has 37 heavy (non-hydrogen) atoms. The average Bonchev–Trinajstić information content (AvgIpc) is 3.36. The number of amides is 1. The zero-order valence-electron chi connectivity index (χ0n) is 20.8. The number of methoxy groups -OCH3 is 3. The van der Waals surface area contributed by atoms with E-state index in [1.807, 2.05) is 6.07 Å². The summed E-state index contributed by atoms with van der Waals surface area (Å²) >= 11 is 0. The van der Waals surface area contributed by atoms with Crippen molar-refractivity contribution in [1.82, 2.24) is 14.7 Å². The Morgan fingerprint density at radius 1 is 0.919 bits per heavy atom. The lowest BCUT2D eigenvalue weighted by molar-refractivity contribution is -0.137. The maximum atomic E-state index is 12.9. The summed E-state index contributed by atoms with van der Waals surface area (Å²) in [5.41, 5.74) is 1.06. The zero-order chi connectivity index (χ0) is 26.4. The minimum atomic E-state index is -0.756. The smallest absolute Gasteiger partial charge is 0.357 e. The highest BCUT2D eigenvalue weighted by molar-refractivity contribution is 6.06. The number of rotatable bonds is 8. The molecule has 4 rings (SSSR count). The van der Waals surface area contributed by atoms with Crippen LogP contribution in [-0.2, 0) is 19.0 Å². The molecule has 1 amide bonds. The van der Waals surface area contributed by atoms with Crippen LogP contribution in [0.15, 0.2) is 48.5 Å². The van der Waals surface area contributed by atoms with Crippen LogP contribution in [0.1, 0.15) is 20.8 Å². The molecule has 1 aliphatic rings. The van der Waals surface area contributed by atoms with E-state index in [9.17, 15) is 14.4 Å². The van der Waals surface area contributed by atoms with Gasteiger partial charge in [0.15, 0.2) is 23.8 Å². The van der Waals surface area contributed by atoms with E-state index >= 15 is 0 Å². The maximum absolute atomic E-state index is 12.9. The van der Waals surface area contributed by atoms with Crippen molar-refractivity contribution in [2.24, 2.45) is 0 Å². The van der Waals surface area contributed by atoms with Gasteiger partial charge in [0.1, 0.15) is 11.3 Å². The van der Waals surface area contributed by atoms with Crippen LogP contribution in [-0.4, -0.2) is 86.8 Å². The van der Waals surface area contributed by atoms with E-state index in [0.717, 1.165) is 0 Å². The van der Waals surface area contributed by atoms with Gasteiger partial charge in [-0.2, -0.15) is 5.10 Å². The number of carbonyl (C=O) groups is 3. The number of carbonyl (C=O) groups excluding carboxylic acids is 3. The first-order chi connectivity index (χ1) is 18.0. The standard InChI is InChI=1S/C26H27N3O8/c1-33-20-15-17(9-10-19(20)37-16-21(30)28-11-13-36-14-12-28)23-22(25(31)34-2)24(26(32)35-3)29(27-23)18-7-5-4-6-8-18/h4-10,15H,11-14,16H2,1-3H3. The second kappa shape index (κ2) is 11.6. The summed E-state index contributed by atoms with van der Waals surface area (Å²) in [7, 11) is 3.90. The van der Waals surface area contributed by atoms with Crippen LogP contribution in [0.2, 0.25) is 0 Å². The highest BCUT2D eigenvalue weighted by Gasteiger charge is 2.31. The fourth-order valence-electron chi connectivity index (χ4n) is 3.93. The van der Waals surface area contributed by atoms with E-state index in [0.29, 0.717) is 49.1 Å². The van der Waals surface area contributed by atoms with E-state index in [1.165, 1.54) is 26.0 Å². The second-order valence-electron chi connectivity index (χ2n) is 7.95. The predicted molar refractivity (Wildman–Crippen MR) is 131 cm³/mol. The number of hydrogen-bond acceptors (Lipinski definition) is 9. The molecule has 1 aliphatic heterocycles. The quantitative estimate of drug-likeness (QED) is 0.422. The first kappa shape index (κ1) is 25.7. The number of morpholine rings is 1. The second-order valence-corrected chi connectivity index (χ2v) is 7.95. The van der Waals surface area contributed by atoms with Gasteiger partial charge in [0, 0.05) is 18.7 Å². The number of ether oxygens (including phenoxy) is 5. The lowest BCUT2D eigenvalue weighted by Crippen LogP contribution is -2.43. The molecule has 194 valence electrons. The molecule has 0 spiro atoms. The Balaban J connectivity index is 1.72. The molecule has 0 bridgehead atoms. The number of para-hydroxylation sites is 1. The van der Waals surface area contributed by atoms with Crippen molar-refractivity contribution >= 4 is 17.8 Å². The van der Waals surface area contributed by atoms with Crippen LogP contribution in [0, 0.1) is 0 Å². The maximum Gasteiger partial charge on any atom is 0.357 e. The molecule has 0 N–H and O–H groups in total. The molecule has 2 aromatic carbocycles. The Kier molecular flexibility index (Phi) is 8.04. The van der Waals surface area contributed by atoms with Crippen LogP contribution in [0.25, 0.3) is 16.9 Å². The largest absolute Gasteiger partial charge is 0.493 e. The molecule has 0 unspecified atom stereocenters. The molecule has 0 aliphatic carbocycles. The minimum absolute atomic E-state index is 0.0589. The van der Waals surface area contributed by atoms with E-state index in [2.05, 4.69) is 5.10 Å². The van der Waals surface area contributed by atoms with Gasteiger partial charge in [-0.05, 0) is 30.3 Å². The summed E-state index contributed by atoms with van der Waals surface area (Å²) < 4.78 is 27.8. The molecule has 11 nitrogen and oxygen atoms in total. The van der Waals surface area contributed by atoms with Crippen LogP contribution in [0.4, 0.5) is 0 Å². The van der Waals surface area contributed by atoms with E-state index in [1.54, 1.807) is 47.4 Å². The SMILES string of the molecule is COC(=O)c1c(-c2ccc(OCC(=O)N3CCOCC3)c(OC)c2)nn(-c2ccccc2)c1C(=O)OC. The van der Waals surface area contributed by atoms with Crippen molar-refractivity contribution in [3.63, 3.8) is 0 Å². The van der Waals surface area contributed by atoms with Crippen molar-refractivity contribution in [3.05, 3.63) is 59.8 Å². The third kappa shape index (κ3) is 5.41. The molecule has 0 saturated carbocycles. The Morgan fingerprint density at radius 2 is 1.62 bits per heavy atom. The summed E-state index contributed by atoms with van der Waals surface area (Å²) in [6.07, 6.45) is 0. The average molecular weight is 510 g/mol. The first-order valence-corrected chi connectivity index (χ1v) is 11.5. The molecule has 1 aromatic heterocycles. The highest BCUT2D eigenvalue weighted by atomic mass is 16.5. The van der Waals surface area contributed by atoms with Gasteiger partial charge in [0.2, 0.25) is 0 Å². The lowest BCUT2D eigenvalue weighted by atomic mass is 10.0. The number of nitrogens with zero attached hydrogens (tertiary/aromatic N) is 3. The van der Waals surface area contributed by atoms with Gasteiger partial charge < -0.3 is 28.6 Å². The molecule has 1 fully saturated rings. The van der Waals surface area contributed by atoms with Gasteiger partial charge in [-0.3, -0.25) is 4.79 Å². The fraction of sp³-hybridized carbons (Fsp3) is 0.308. The van der Waals surface area contributed by atoms with Crippen molar-refractivity contribution in [2.45, 2.75) is 0 Å². The van der Waals surface area contributed by atoms with Gasteiger partial charge in [0.25, 0.3) is 5.91 Å². The van der Waals surface area contributed by atoms with Gasteiger partial charge in [0.05, 0.1) is 40.2 Å². The molecule has 11 heteroatoms. The Morgan fingerprint density at radius 3 is 2.27 bits per heavy atom. The molecule has 1 saturated heterocycles. The van der Waals surface area contributed by atoms with Gasteiger partial charge in [-0.1, -0.05) is 18.2 Å². The van der Waals surface area contributed by atoms with Crippen LogP contribution < -0.4 is 9.47 Å². The molecular formula is C26H27N3O8. The lowest BCUT2D eigenvalue weighted by Gasteiger charge is -2.26. The summed E-state index contributed by atoms with van der Waals surface area (Å²) in [6.45, 7) is 1.85. The summed E-state index contributed by atoms with van der Waals surface area (Å²) in [4.78, 5) is 39.8. The monoisotopic (exact) mass is 509 g/mol. The van der Waals surface area contributed by atoms with E-state index < -0.39 is 11.9 Å². The summed E-state index contributed by atoms with van der Waals surface area (Å²) in [6, 6.07) is 13.7. The van der Waals surface area contributed by atoms with Gasteiger partial charge >= 0.3 is 11.9 Å². The zero-order valence-corrected chi connectivity index (χ0v) is 20.8. The normalized spacial score (nSPS) is 13.1. The topological polar surface area (TPSA) is 118 Å². The number of benzene rings is 2. The van der Waals surface area contributed by atoms with Crippen molar-refractivity contribution in [1.29, 1.82) is 0 Å². The van der Waals surface area contributed by atoms with Crippen LogP contribution in [0.3, 0.4) is 0 Å². The summed E-state index contributed by atoms with van der Waals surface area (Å²) in [5, 5.41) is 4.58. The Labute approximate surface area is 213 Å². The number of esters is 2. The molecule has 0 atom stereocenters. The minimum Gasteiger partial charge on any atom is -0.493 e. The predicted octanol–water partition coefficient (Wildman–Crippen LogP) is 2.36. The van der Waals surface area contributed by atoms with Gasteiger partial charge in [-0.25, -0.2) is 14.3 Å². The Bertz CT molecular complexity index is 1280. The molecule has 2 heterocycles. The summed E-state index contributed by atoms with van der Waals surface area (Å²) in [5.74, 6) is -1.02. The molecule has 3 aromatic rings. The van der Waals surface area contributed by atoms with Crippen molar-refractivity contribution in [3.8, 4) is 28.4 Å². The van der Waals surface area contributed by atoms with Gasteiger partial charge in [-0.15, -0.1) is 0 Å². The molecule has 0 radical (unpaired) electrons.